The predicted octanol–water partition coefficient (Wildman–Crippen LogP) is 3.87. The average molecular weight is 441 g/mol. The Kier molecular flexibility index (Phi) is 6.71. The summed E-state index contributed by atoms with van der Waals surface area (Å²) in [5.74, 6) is 5.54. The first-order valence-electron chi connectivity index (χ1n) is 10.9. The molecule has 1 atom stereocenters. The van der Waals surface area contributed by atoms with Crippen LogP contribution in [0.4, 0.5) is 18.9 Å². The van der Waals surface area contributed by atoms with Gasteiger partial charge in [-0.1, -0.05) is 30.2 Å². The number of halogens is 3. The Labute approximate surface area is 186 Å². The topological polar surface area (TPSA) is 26.8 Å². The molecule has 0 saturated carbocycles. The van der Waals surface area contributed by atoms with Gasteiger partial charge in [0.1, 0.15) is 0 Å². The fraction of sp³-hybridized carbons (Fsp3) is 0.400. The largest absolute Gasteiger partial charge is 0.416 e. The molecule has 0 N–H and O–H groups in total. The molecule has 0 unspecified atom stereocenters. The van der Waals surface area contributed by atoms with Crippen molar-refractivity contribution < 1.29 is 18.0 Å². The number of piperazine rings is 1. The van der Waals surface area contributed by atoms with Gasteiger partial charge in [0.05, 0.1) is 5.56 Å². The Balaban J connectivity index is 1.33. The molecule has 0 bridgehead atoms. The van der Waals surface area contributed by atoms with Crippen molar-refractivity contribution >= 4 is 11.6 Å². The summed E-state index contributed by atoms with van der Waals surface area (Å²) in [5.41, 5.74) is 0.812. The van der Waals surface area contributed by atoms with Gasteiger partial charge < -0.3 is 9.80 Å². The SMILES string of the molecule is O=C(C#Cc1ccccc1)N1CCC[C@@H](N2CCN(c3cccc(C(F)(F)F)c3)CC2)C1. The van der Waals surface area contributed by atoms with Crippen molar-refractivity contribution in [3.8, 4) is 11.8 Å². The number of rotatable bonds is 2. The van der Waals surface area contributed by atoms with Gasteiger partial charge in [-0.25, -0.2) is 0 Å². The van der Waals surface area contributed by atoms with Gasteiger partial charge in [0.2, 0.25) is 0 Å². The van der Waals surface area contributed by atoms with Crippen LogP contribution < -0.4 is 4.90 Å². The number of nitrogens with zero attached hydrogens (tertiary/aromatic N) is 3. The molecular weight excluding hydrogens is 415 g/mol. The Hall–Kier alpha value is -2.98. The second-order valence-corrected chi connectivity index (χ2v) is 8.23. The zero-order chi connectivity index (χ0) is 22.6. The van der Waals surface area contributed by atoms with Crippen LogP contribution in [-0.4, -0.2) is 61.0 Å². The summed E-state index contributed by atoms with van der Waals surface area (Å²) in [6.07, 6.45) is -2.39. The molecule has 2 heterocycles. The van der Waals surface area contributed by atoms with Crippen LogP contribution in [-0.2, 0) is 11.0 Å². The molecule has 0 spiro atoms. The minimum absolute atomic E-state index is 0.152. The highest BCUT2D eigenvalue weighted by atomic mass is 19.4. The van der Waals surface area contributed by atoms with Crippen LogP contribution in [0.25, 0.3) is 0 Å². The molecule has 2 aliphatic rings. The molecule has 2 saturated heterocycles. The van der Waals surface area contributed by atoms with E-state index in [4.69, 9.17) is 0 Å². The Bertz CT molecular complexity index is 989. The molecule has 4 nitrogen and oxygen atoms in total. The molecule has 2 aromatic carbocycles. The van der Waals surface area contributed by atoms with Crippen molar-refractivity contribution in [3.63, 3.8) is 0 Å². The summed E-state index contributed by atoms with van der Waals surface area (Å²) in [5, 5.41) is 0. The molecule has 168 valence electrons. The summed E-state index contributed by atoms with van der Waals surface area (Å²) in [7, 11) is 0. The molecule has 7 heteroatoms. The van der Waals surface area contributed by atoms with E-state index in [1.54, 1.807) is 6.07 Å². The van der Waals surface area contributed by atoms with Crippen LogP contribution >= 0.6 is 0 Å². The van der Waals surface area contributed by atoms with Crippen LogP contribution in [0.15, 0.2) is 54.6 Å². The number of hydrogen-bond donors (Lipinski definition) is 0. The molecule has 4 rings (SSSR count). The summed E-state index contributed by atoms with van der Waals surface area (Å²) >= 11 is 0. The first kappa shape index (κ1) is 22.2. The number of carbonyl (C=O) groups is 1. The van der Waals surface area contributed by atoms with Gasteiger partial charge >= 0.3 is 6.18 Å². The minimum atomic E-state index is -4.33. The third kappa shape index (κ3) is 5.43. The highest BCUT2D eigenvalue weighted by molar-refractivity contribution is 5.94. The average Bonchev–Trinajstić information content (AvgIpc) is 2.83. The molecule has 2 fully saturated rings. The molecular formula is C25H26F3N3O. The highest BCUT2D eigenvalue weighted by Gasteiger charge is 2.32. The normalized spacial score (nSPS) is 19.9. The Morgan fingerprint density at radius 2 is 1.69 bits per heavy atom. The van der Waals surface area contributed by atoms with Crippen LogP contribution in [0.5, 0.6) is 0 Å². The van der Waals surface area contributed by atoms with Crippen molar-refractivity contribution in [2.45, 2.75) is 25.1 Å². The first-order valence-corrected chi connectivity index (χ1v) is 10.9. The van der Waals surface area contributed by atoms with Crippen LogP contribution in [0.1, 0.15) is 24.0 Å². The number of carbonyl (C=O) groups excluding carboxylic acids is 1. The zero-order valence-corrected chi connectivity index (χ0v) is 17.8. The van der Waals surface area contributed by atoms with Gasteiger partial charge in [-0.05, 0) is 43.2 Å². The van der Waals surface area contributed by atoms with E-state index in [1.807, 2.05) is 40.1 Å². The highest BCUT2D eigenvalue weighted by Crippen LogP contribution is 2.32. The van der Waals surface area contributed by atoms with Gasteiger partial charge in [0.15, 0.2) is 0 Å². The van der Waals surface area contributed by atoms with Gasteiger partial charge in [0.25, 0.3) is 5.91 Å². The zero-order valence-electron chi connectivity index (χ0n) is 17.8. The standard InChI is InChI=1S/C25H26F3N3O/c26-25(27,28)21-8-4-9-22(18-21)29-14-16-30(17-15-29)23-10-5-13-31(19-23)24(32)12-11-20-6-2-1-3-7-20/h1-4,6-9,18,23H,5,10,13-17,19H2/t23-/m1/s1. The van der Waals surface area contributed by atoms with Gasteiger partial charge in [-0.15, -0.1) is 0 Å². The summed E-state index contributed by atoms with van der Waals surface area (Å²) in [6.45, 7) is 4.21. The summed E-state index contributed by atoms with van der Waals surface area (Å²) < 4.78 is 39.1. The van der Waals surface area contributed by atoms with E-state index in [0.29, 0.717) is 31.9 Å². The van der Waals surface area contributed by atoms with Crippen molar-refractivity contribution in [2.75, 3.05) is 44.2 Å². The molecule has 0 aromatic heterocycles. The van der Waals surface area contributed by atoms with E-state index in [9.17, 15) is 18.0 Å². The molecule has 0 radical (unpaired) electrons. The number of anilines is 1. The maximum absolute atomic E-state index is 13.0. The number of amides is 1. The third-order valence-corrected chi connectivity index (χ3v) is 6.14. The monoisotopic (exact) mass is 441 g/mol. The Morgan fingerprint density at radius 1 is 0.938 bits per heavy atom. The van der Waals surface area contributed by atoms with Gasteiger partial charge in [-0.2, -0.15) is 13.2 Å². The minimum Gasteiger partial charge on any atom is -0.369 e. The van der Waals surface area contributed by atoms with E-state index >= 15 is 0 Å². The number of hydrogen-bond acceptors (Lipinski definition) is 3. The van der Waals surface area contributed by atoms with Crippen molar-refractivity contribution in [2.24, 2.45) is 0 Å². The van der Waals surface area contributed by atoms with E-state index in [1.165, 1.54) is 12.1 Å². The first-order chi connectivity index (χ1) is 15.4. The summed E-state index contributed by atoms with van der Waals surface area (Å²) in [6, 6.07) is 15.2. The summed E-state index contributed by atoms with van der Waals surface area (Å²) in [4.78, 5) is 18.8. The van der Waals surface area contributed by atoms with Gasteiger partial charge in [-0.3, -0.25) is 9.69 Å². The lowest BCUT2D eigenvalue weighted by molar-refractivity contribution is -0.137. The second kappa shape index (κ2) is 9.66. The molecule has 0 aliphatic carbocycles. The number of benzene rings is 2. The third-order valence-electron chi connectivity index (χ3n) is 6.14. The maximum Gasteiger partial charge on any atom is 0.416 e. The lowest BCUT2D eigenvalue weighted by Crippen LogP contribution is -2.55. The fourth-order valence-corrected chi connectivity index (χ4v) is 4.39. The number of likely N-dealkylation sites (tertiary alicyclic amines) is 1. The number of piperidine rings is 1. The molecule has 1 amide bonds. The Morgan fingerprint density at radius 3 is 2.41 bits per heavy atom. The lowest BCUT2D eigenvalue weighted by Gasteiger charge is -2.43. The second-order valence-electron chi connectivity index (χ2n) is 8.23. The van der Waals surface area contributed by atoms with E-state index < -0.39 is 11.7 Å². The quantitative estimate of drug-likeness (QED) is 0.662. The van der Waals surface area contributed by atoms with Crippen LogP contribution in [0, 0.1) is 11.8 Å². The maximum atomic E-state index is 13.0. The van der Waals surface area contributed by atoms with Crippen molar-refractivity contribution in [1.82, 2.24) is 9.80 Å². The van der Waals surface area contributed by atoms with Crippen molar-refractivity contribution in [3.05, 3.63) is 65.7 Å². The van der Waals surface area contributed by atoms with Gasteiger partial charge in [0, 0.05) is 62.5 Å². The molecule has 2 aliphatic heterocycles. The van der Waals surface area contributed by atoms with E-state index in [2.05, 4.69) is 16.7 Å². The van der Waals surface area contributed by atoms with E-state index in [0.717, 1.165) is 37.6 Å². The lowest BCUT2D eigenvalue weighted by atomic mass is 10.0. The van der Waals surface area contributed by atoms with Crippen LogP contribution in [0.2, 0.25) is 0 Å². The van der Waals surface area contributed by atoms with Crippen LogP contribution in [0.3, 0.4) is 0 Å². The van der Waals surface area contributed by atoms with Crippen molar-refractivity contribution in [1.29, 1.82) is 0 Å². The predicted molar refractivity (Wildman–Crippen MR) is 118 cm³/mol. The smallest absolute Gasteiger partial charge is 0.369 e. The number of alkyl halides is 3. The molecule has 32 heavy (non-hydrogen) atoms. The fourth-order valence-electron chi connectivity index (χ4n) is 4.39. The van der Waals surface area contributed by atoms with E-state index in [-0.39, 0.29) is 11.9 Å². The molecule has 2 aromatic rings.